The summed E-state index contributed by atoms with van der Waals surface area (Å²) in [6, 6.07) is 10.5. The number of carbonyl (C=O) groups is 1. The van der Waals surface area contributed by atoms with Gasteiger partial charge in [0, 0.05) is 13.1 Å². The van der Waals surface area contributed by atoms with Gasteiger partial charge in [-0.2, -0.15) is 0 Å². The second kappa shape index (κ2) is 5.74. The van der Waals surface area contributed by atoms with Crippen LogP contribution in [-0.4, -0.2) is 24.1 Å². The molecule has 0 saturated carbocycles. The van der Waals surface area contributed by atoms with Gasteiger partial charge in [-0.05, 0) is 45.1 Å². The highest BCUT2D eigenvalue weighted by Crippen LogP contribution is 2.27. The predicted octanol–water partition coefficient (Wildman–Crippen LogP) is 3.37. The van der Waals surface area contributed by atoms with E-state index in [-0.39, 0.29) is 5.97 Å². The van der Waals surface area contributed by atoms with Crippen LogP contribution in [0.25, 0.3) is 0 Å². The first kappa shape index (κ1) is 14.1. The van der Waals surface area contributed by atoms with E-state index < -0.39 is 5.41 Å². The van der Waals surface area contributed by atoms with Crippen molar-refractivity contribution in [3.05, 3.63) is 35.9 Å². The smallest absolute Gasteiger partial charge is 0.330 e. The third-order valence-electron chi connectivity index (χ3n) is 3.48. The lowest BCUT2D eigenvalue weighted by Crippen LogP contribution is -2.39. The van der Waals surface area contributed by atoms with E-state index >= 15 is 0 Å². The van der Waals surface area contributed by atoms with Crippen LogP contribution in [-0.2, 0) is 9.63 Å². The quantitative estimate of drug-likeness (QED) is 0.817. The van der Waals surface area contributed by atoms with Gasteiger partial charge < -0.3 is 4.84 Å². The molecule has 19 heavy (non-hydrogen) atoms. The SMILES string of the molecule is CC(C)(C)C(=O)ON1CCCC(c2ccccc2)C1. The summed E-state index contributed by atoms with van der Waals surface area (Å²) in [6.45, 7) is 7.28. The topological polar surface area (TPSA) is 29.5 Å². The molecule has 1 aromatic carbocycles. The first-order valence-electron chi connectivity index (χ1n) is 6.99. The summed E-state index contributed by atoms with van der Waals surface area (Å²) in [7, 11) is 0. The third kappa shape index (κ3) is 3.80. The van der Waals surface area contributed by atoms with Crippen LogP contribution in [0.3, 0.4) is 0 Å². The molecular weight excluding hydrogens is 238 g/mol. The highest BCUT2D eigenvalue weighted by atomic mass is 16.7. The summed E-state index contributed by atoms with van der Waals surface area (Å²) in [6.07, 6.45) is 2.23. The maximum atomic E-state index is 11.9. The molecule has 0 bridgehead atoms. The molecule has 0 aliphatic carbocycles. The molecule has 1 fully saturated rings. The molecule has 1 unspecified atom stereocenters. The summed E-state index contributed by atoms with van der Waals surface area (Å²) in [5.41, 5.74) is 0.888. The number of rotatable bonds is 2. The Morgan fingerprint density at radius 1 is 1.26 bits per heavy atom. The van der Waals surface area contributed by atoms with E-state index in [2.05, 4.69) is 24.3 Å². The fourth-order valence-corrected chi connectivity index (χ4v) is 2.28. The molecular formula is C16H23NO2. The Bertz CT molecular complexity index is 422. The highest BCUT2D eigenvalue weighted by Gasteiger charge is 2.29. The van der Waals surface area contributed by atoms with Crippen LogP contribution in [0, 0.1) is 5.41 Å². The highest BCUT2D eigenvalue weighted by molar-refractivity contribution is 5.75. The van der Waals surface area contributed by atoms with Gasteiger partial charge >= 0.3 is 5.97 Å². The monoisotopic (exact) mass is 261 g/mol. The van der Waals surface area contributed by atoms with Crippen molar-refractivity contribution in [2.45, 2.75) is 39.5 Å². The van der Waals surface area contributed by atoms with Crippen LogP contribution in [0.2, 0.25) is 0 Å². The van der Waals surface area contributed by atoms with Crippen LogP contribution in [0.15, 0.2) is 30.3 Å². The molecule has 2 rings (SSSR count). The van der Waals surface area contributed by atoms with Crippen LogP contribution < -0.4 is 0 Å². The molecule has 0 N–H and O–H groups in total. The Morgan fingerprint density at radius 3 is 2.58 bits per heavy atom. The van der Waals surface area contributed by atoms with Crippen LogP contribution in [0.4, 0.5) is 0 Å². The van der Waals surface area contributed by atoms with Crippen molar-refractivity contribution in [2.24, 2.45) is 5.41 Å². The molecule has 1 atom stereocenters. The van der Waals surface area contributed by atoms with Crippen molar-refractivity contribution >= 4 is 5.97 Å². The Morgan fingerprint density at radius 2 is 1.95 bits per heavy atom. The summed E-state index contributed by atoms with van der Waals surface area (Å²) in [5, 5.41) is 1.83. The largest absolute Gasteiger partial charge is 0.367 e. The number of hydrogen-bond donors (Lipinski definition) is 0. The molecule has 1 aliphatic rings. The number of nitrogens with zero attached hydrogens (tertiary/aromatic N) is 1. The standard InChI is InChI=1S/C16H23NO2/c1-16(2,3)15(18)19-17-11-7-10-14(12-17)13-8-5-4-6-9-13/h4-6,8-9,14H,7,10-12H2,1-3H3. The lowest BCUT2D eigenvalue weighted by atomic mass is 9.91. The summed E-state index contributed by atoms with van der Waals surface area (Å²) < 4.78 is 0. The van der Waals surface area contributed by atoms with Crippen LogP contribution in [0.5, 0.6) is 0 Å². The van der Waals surface area contributed by atoms with E-state index in [1.54, 1.807) is 0 Å². The van der Waals surface area contributed by atoms with Gasteiger partial charge in [0.25, 0.3) is 0 Å². The molecule has 1 aliphatic heterocycles. The lowest BCUT2D eigenvalue weighted by Gasteiger charge is -2.33. The fourth-order valence-electron chi connectivity index (χ4n) is 2.28. The Kier molecular flexibility index (Phi) is 4.25. The van der Waals surface area contributed by atoms with Crippen molar-refractivity contribution in [3.8, 4) is 0 Å². The zero-order chi connectivity index (χ0) is 13.9. The first-order chi connectivity index (χ1) is 8.97. The zero-order valence-corrected chi connectivity index (χ0v) is 12.1. The van der Waals surface area contributed by atoms with E-state index in [0.717, 1.165) is 25.9 Å². The third-order valence-corrected chi connectivity index (χ3v) is 3.48. The van der Waals surface area contributed by atoms with E-state index in [1.165, 1.54) is 5.56 Å². The Balaban J connectivity index is 1.96. The van der Waals surface area contributed by atoms with E-state index in [0.29, 0.717) is 5.92 Å². The van der Waals surface area contributed by atoms with E-state index in [4.69, 9.17) is 4.84 Å². The minimum absolute atomic E-state index is 0.152. The van der Waals surface area contributed by atoms with Crippen molar-refractivity contribution < 1.29 is 9.63 Å². The van der Waals surface area contributed by atoms with Gasteiger partial charge in [-0.15, -0.1) is 5.06 Å². The number of hydrogen-bond acceptors (Lipinski definition) is 3. The molecule has 1 heterocycles. The molecule has 0 amide bonds. The first-order valence-corrected chi connectivity index (χ1v) is 6.99. The van der Waals surface area contributed by atoms with Crippen LogP contribution in [0.1, 0.15) is 45.1 Å². The second-order valence-electron chi connectivity index (χ2n) is 6.27. The number of piperidine rings is 1. The van der Waals surface area contributed by atoms with Gasteiger partial charge in [0.05, 0.1) is 5.41 Å². The lowest BCUT2D eigenvalue weighted by molar-refractivity contribution is -0.205. The molecule has 0 spiro atoms. The van der Waals surface area contributed by atoms with Crippen molar-refractivity contribution in [2.75, 3.05) is 13.1 Å². The van der Waals surface area contributed by atoms with E-state index in [9.17, 15) is 4.79 Å². The van der Waals surface area contributed by atoms with Gasteiger partial charge in [0.15, 0.2) is 0 Å². The van der Waals surface area contributed by atoms with Gasteiger partial charge in [-0.1, -0.05) is 30.3 Å². The average molecular weight is 261 g/mol. The fraction of sp³-hybridized carbons (Fsp3) is 0.562. The minimum Gasteiger partial charge on any atom is -0.367 e. The number of benzene rings is 1. The Hall–Kier alpha value is -1.35. The van der Waals surface area contributed by atoms with Gasteiger partial charge in [0.2, 0.25) is 0 Å². The molecule has 1 saturated heterocycles. The number of hydroxylamine groups is 2. The molecule has 1 aromatic rings. The molecule has 3 nitrogen and oxygen atoms in total. The van der Waals surface area contributed by atoms with Crippen LogP contribution >= 0.6 is 0 Å². The molecule has 104 valence electrons. The molecule has 3 heteroatoms. The van der Waals surface area contributed by atoms with Crippen molar-refractivity contribution in [1.82, 2.24) is 5.06 Å². The second-order valence-corrected chi connectivity index (χ2v) is 6.27. The zero-order valence-electron chi connectivity index (χ0n) is 12.1. The normalized spacial score (nSPS) is 21.1. The van der Waals surface area contributed by atoms with Crippen molar-refractivity contribution in [1.29, 1.82) is 0 Å². The van der Waals surface area contributed by atoms with Crippen molar-refractivity contribution in [3.63, 3.8) is 0 Å². The van der Waals surface area contributed by atoms with E-state index in [1.807, 2.05) is 31.9 Å². The maximum absolute atomic E-state index is 11.9. The molecule has 0 aromatic heterocycles. The Labute approximate surface area is 115 Å². The van der Waals surface area contributed by atoms with Gasteiger partial charge in [-0.3, -0.25) is 0 Å². The predicted molar refractivity (Wildman–Crippen MR) is 75.5 cm³/mol. The summed E-state index contributed by atoms with van der Waals surface area (Å²) in [4.78, 5) is 17.4. The maximum Gasteiger partial charge on any atom is 0.330 e. The van der Waals surface area contributed by atoms with Gasteiger partial charge in [-0.25, -0.2) is 4.79 Å². The minimum atomic E-state index is -0.445. The summed E-state index contributed by atoms with van der Waals surface area (Å²) >= 11 is 0. The molecule has 0 radical (unpaired) electrons. The van der Waals surface area contributed by atoms with Gasteiger partial charge in [0.1, 0.15) is 0 Å². The number of carbonyl (C=O) groups excluding carboxylic acids is 1. The summed E-state index contributed by atoms with van der Waals surface area (Å²) in [5.74, 6) is 0.309. The average Bonchev–Trinajstić information content (AvgIpc) is 2.39.